The van der Waals surface area contributed by atoms with Gasteiger partial charge in [-0.3, -0.25) is 19.3 Å². The van der Waals surface area contributed by atoms with Crippen LogP contribution in [0.25, 0.3) is 11.3 Å². The summed E-state index contributed by atoms with van der Waals surface area (Å²) in [5, 5.41) is 16.3. The molecule has 228 valence electrons. The van der Waals surface area contributed by atoms with E-state index in [0.717, 1.165) is 55.7 Å². The van der Waals surface area contributed by atoms with Crippen LogP contribution in [-0.2, 0) is 19.1 Å². The zero-order valence-corrected chi connectivity index (χ0v) is 25.6. The Morgan fingerprint density at radius 3 is 2.57 bits per heavy atom. The standard InChI is InChI=1S/C30H41N5O6S/c1-30(2,3)15-21(28(39)35-16-23(36)26-25(35)24(37)17-41-26)31-27(38)20-7-5-19(6-8-20)22-18-42-29(32-22)34-11-9-33(10-12-34)13-14-40-4/h5-8,18,21,23,25-26,36H,9-17H2,1-4H3,(H,31,38)/t21?,23-,25+,26+/m0/s1. The van der Waals surface area contributed by atoms with Crippen LogP contribution < -0.4 is 10.2 Å². The summed E-state index contributed by atoms with van der Waals surface area (Å²) in [6.07, 6.45) is -1.27. The first-order valence-corrected chi connectivity index (χ1v) is 15.4. The van der Waals surface area contributed by atoms with Gasteiger partial charge in [-0.15, -0.1) is 11.3 Å². The normalized spacial score (nSPS) is 23.7. The number of nitrogens with one attached hydrogen (secondary N) is 1. The molecule has 0 radical (unpaired) electrons. The van der Waals surface area contributed by atoms with E-state index in [2.05, 4.69) is 15.1 Å². The lowest BCUT2D eigenvalue weighted by Gasteiger charge is -2.34. The molecular weight excluding hydrogens is 558 g/mol. The Morgan fingerprint density at radius 1 is 1.19 bits per heavy atom. The molecule has 3 fully saturated rings. The number of hydrogen-bond donors (Lipinski definition) is 2. The van der Waals surface area contributed by atoms with Crippen LogP contribution >= 0.6 is 11.3 Å². The second kappa shape index (κ2) is 12.8. The molecule has 12 heteroatoms. The number of thiazole rings is 1. The first-order chi connectivity index (χ1) is 20.0. The lowest BCUT2D eigenvalue weighted by atomic mass is 9.87. The largest absolute Gasteiger partial charge is 0.388 e. The number of carbonyl (C=O) groups is 3. The molecule has 1 unspecified atom stereocenters. The highest BCUT2D eigenvalue weighted by molar-refractivity contribution is 7.14. The predicted octanol–water partition coefficient (Wildman–Crippen LogP) is 1.65. The Labute approximate surface area is 250 Å². The summed E-state index contributed by atoms with van der Waals surface area (Å²) < 4.78 is 10.6. The Bertz CT molecular complexity index is 1270. The molecule has 1 aromatic carbocycles. The Hall–Kier alpha value is -2.90. The van der Waals surface area contributed by atoms with Gasteiger partial charge in [0.25, 0.3) is 5.91 Å². The summed E-state index contributed by atoms with van der Waals surface area (Å²) in [4.78, 5) is 50.3. The summed E-state index contributed by atoms with van der Waals surface area (Å²) in [5.41, 5.74) is 1.92. The molecule has 0 aliphatic carbocycles. The van der Waals surface area contributed by atoms with Crippen molar-refractivity contribution in [1.29, 1.82) is 0 Å². The molecule has 4 heterocycles. The molecule has 0 saturated carbocycles. The van der Waals surface area contributed by atoms with E-state index in [1.807, 2.05) is 38.3 Å². The molecule has 42 heavy (non-hydrogen) atoms. The number of aliphatic hydroxyl groups is 1. The van der Waals surface area contributed by atoms with E-state index in [-0.39, 0.29) is 36.2 Å². The molecule has 0 spiro atoms. The highest BCUT2D eigenvalue weighted by Crippen LogP contribution is 2.31. The number of piperazine rings is 1. The molecule has 4 atom stereocenters. The molecule has 5 rings (SSSR count). The number of ether oxygens (including phenoxy) is 2. The zero-order chi connectivity index (χ0) is 30.0. The van der Waals surface area contributed by atoms with Crippen LogP contribution in [0.3, 0.4) is 0 Å². The molecule has 0 bridgehead atoms. The number of hydrogen-bond acceptors (Lipinski definition) is 10. The van der Waals surface area contributed by atoms with Crippen molar-refractivity contribution in [1.82, 2.24) is 20.1 Å². The van der Waals surface area contributed by atoms with E-state index < -0.39 is 24.3 Å². The number of anilines is 1. The van der Waals surface area contributed by atoms with Gasteiger partial charge < -0.3 is 29.7 Å². The highest BCUT2D eigenvalue weighted by atomic mass is 32.1. The van der Waals surface area contributed by atoms with Crippen LogP contribution in [0.4, 0.5) is 5.13 Å². The number of benzene rings is 1. The summed E-state index contributed by atoms with van der Waals surface area (Å²) in [7, 11) is 1.73. The fourth-order valence-corrected chi connectivity index (χ4v) is 6.72. The monoisotopic (exact) mass is 599 g/mol. The minimum Gasteiger partial charge on any atom is -0.388 e. The summed E-state index contributed by atoms with van der Waals surface area (Å²) in [6.45, 7) is 11.3. The van der Waals surface area contributed by atoms with Gasteiger partial charge in [-0.05, 0) is 24.0 Å². The number of β-amino-alcohol motifs (C(OH)–C–C–N with tert-alkyl or cyclic N) is 1. The van der Waals surface area contributed by atoms with Gasteiger partial charge in [-0.2, -0.15) is 0 Å². The number of methoxy groups -OCH3 is 1. The van der Waals surface area contributed by atoms with E-state index in [1.165, 1.54) is 4.90 Å². The number of Topliss-reactive ketones (excluding diaryl/α,β-unsaturated/α-hetero) is 1. The average Bonchev–Trinajstić information content (AvgIpc) is 3.69. The number of aliphatic hydroxyl groups excluding tert-OH is 1. The lowest BCUT2D eigenvalue weighted by Crippen LogP contribution is -2.53. The van der Waals surface area contributed by atoms with Crippen LogP contribution in [0.2, 0.25) is 0 Å². The molecule has 1 aromatic heterocycles. The highest BCUT2D eigenvalue weighted by Gasteiger charge is 2.53. The Balaban J connectivity index is 1.23. The van der Waals surface area contributed by atoms with E-state index in [1.54, 1.807) is 30.6 Å². The molecule has 2 aromatic rings. The van der Waals surface area contributed by atoms with Crippen molar-refractivity contribution in [2.45, 2.75) is 51.5 Å². The van der Waals surface area contributed by atoms with Crippen molar-refractivity contribution in [3.63, 3.8) is 0 Å². The van der Waals surface area contributed by atoms with Gasteiger partial charge in [0, 0.05) is 56.3 Å². The third kappa shape index (κ3) is 6.84. The van der Waals surface area contributed by atoms with Gasteiger partial charge in [0.1, 0.15) is 30.9 Å². The molecule has 11 nitrogen and oxygen atoms in total. The van der Waals surface area contributed by atoms with Gasteiger partial charge in [-0.1, -0.05) is 32.9 Å². The van der Waals surface area contributed by atoms with E-state index in [9.17, 15) is 19.5 Å². The van der Waals surface area contributed by atoms with E-state index >= 15 is 0 Å². The third-order valence-electron chi connectivity index (χ3n) is 8.05. The third-order valence-corrected chi connectivity index (χ3v) is 8.95. The minimum absolute atomic E-state index is 0.00421. The van der Waals surface area contributed by atoms with Gasteiger partial charge in [-0.25, -0.2) is 4.98 Å². The molecular formula is C30H41N5O6S. The maximum absolute atomic E-state index is 13.6. The van der Waals surface area contributed by atoms with Gasteiger partial charge in [0.05, 0.1) is 18.8 Å². The van der Waals surface area contributed by atoms with Crippen LogP contribution in [0.15, 0.2) is 29.6 Å². The van der Waals surface area contributed by atoms with Crippen LogP contribution in [-0.4, -0.2) is 121 Å². The van der Waals surface area contributed by atoms with Crippen LogP contribution in [0.5, 0.6) is 0 Å². The van der Waals surface area contributed by atoms with Crippen molar-refractivity contribution in [2.24, 2.45) is 5.41 Å². The molecule has 3 aliphatic rings. The summed E-state index contributed by atoms with van der Waals surface area (Å²) in [5.74, 6) is -0.981. The number of amides is 2. The number of likely N-dealkylation sites (tertiary alicyclic amines) is 1. The number of nitrogens with zero attached hydrogens (tertiary/aromatic N) is 4. The second-order valence-electron chi connectivity index (χ2n) is 12.4. The predicted molar refractivity (Wildman–Crippen MR) is 160 cm³/mol. The fourth-order valence-electron chi connectivity index (χ4n) is 5.83. The second-order valence-corrected chi connectivity index (χ2v) is 13.3. The van der Waals surface area contributed by atoms with Gasteiger partial charge >= 0.3 is 0 Å². The summed E-state index contributed by atoms with van der Waals surface area (Å²) >= 11 is 1.62. The van der Waals surface area contributed by atoms with Gasteiger partial charge in [0.15, 0.2) is 10.9 Å². The molecule has 3 aliphatic heterocycles. The van der Waals surface area contributed by atoms with Crippen molar-refractivity contribution in [2.75, 3.05) is 64.5 Å². The zero-order valence-electron chi connectivity index (χ0n) is 24.7. The van der Waals surface area contributed by atoms with Crippen molar-refractivity contribution < 1.29 is 29.0 Å². The van der Waals surface area contributed by atoms with Crippen molar-refractivity contribution in [3.05, 3.63) is 35.2 Å². The fraction of sp³-hybridized carbons (Fsp3) is 0.600. The SMILES string of the molecule is COCCN1CCN(c2nc(-c3ccc(C(=O)NC(CC(C)(C)C)C(=O)N4C[C@H](O)[C@H]5OCC(=O)[C@H]54)cc3)cs2)CC1. The van der Waals surface area contributed by atoms with Gasteiger partial charge in [0.2, 0.25) is 5.91 Å². The maximum atomic E-state index is 13.6. The number of carbonyl (C=O) groups excluding carboxylic acids is 3. The molecule has 3 saturated heterocycles. The average molecular weight is 600 g/mol. The smallest absolute Gasteiger partial charge is 0.251 e. The number of aromatic nitrogens is 1. The number of fused-ring (bicyclic) bond motifs is 1. The number of rotatable bonds is 9. The molecule has 2 N–H and O–H groups in total. The first kappa shape index (κ1) is 30.6. The van der Waals surface area contributed by atoms with Crippen molar-refractivity contribution in [3.8, 4) is 11.3 Å². The Morgan fingerprint density at radius 2 is 1.90 bits per heavy atom. The quantitative estimate of drug-likeness (QED) is 0.443. The topological polar surface area (TPSA) is 125 Å². The van der Waals surface area contributed by atoms with Crippen molar-refractivity contribution >= 4 is 34.1 Å². The Kier molecular flexibility index (Phi) is 9.28. The van der Waals surface area contributed by atoms with Crippen LogP contribution in [0.1, 0.15) is 37.6 Å². The van der Waals surface area contributed by atoms with E-state index in [4.69, 9.17) is 14.5 Å². The maximum Gasteiger partial charge on any atom is 0.251 e. The number of ketones is 1. The van der Waals surface area contributed by atoms with Crippen LogP contribution in [0, 0.1) is 5.41 Å². The van der Waals surface area contributed by atoms with E-state index in [0.29, 0.717) is 12.0 Å². The lowest BCUT2D eigenvalue weighted by molar-refractivity contribution is -0.138. The minimum atomic E-state index is -0.930. The molecule has 2 amide bonds. The summed E-state index contributed by atoms with van der Waals surface area (Å²) in [6, 6.07) is 5.54. The first-order valence-electron chi connectivity index (χ1n) is 14.5.